The highest BCUT2D eigenvalue weighted by atomic mass is 16.5. The second kappa shape index (κ2) is 10.2. The molecule has 2 N–H and O–H groups in total. The first-order valence-corrected chi connectivity index (χ1v) is 9.59. The van der Waals surface area contributed by atoms with Crippen LogP contribution in [0.2, 0.25) is 0 Å². The topological polar surface area (TPSA) is 66.5 Å². The Morgan fingerprint density at radius 1 is 0.966 bits per heavy atom. The lowest BCUT2D eigenvalue weighted by molar-refractivity contribution is 0.102. The summed E-state index contributed by atoms with van der Waals surface area (Å²) in [5.41, 5.74) is 1.20. The van der Waals surface area contributed by atoms with Crippen molar-refractivity contribution in [2.24, 2.45) is 0 Å². The lowest BCUT2D eigenvalue weighted by Crippen LogP contribution is -2.17. The highest BCUT2D eigenvalue weighted by molar-refractivity contribution is 6.04. The summed E-state index contributed by atoms with van der Waals surface area (Å²) in [6.07, 6.45) is 2.61. The summed E-state index contributed by atoms with van der Waals surface area (Å²) >= 11 is 0. The Kier molecular flexibility index (Phi) is 7.19. The van der Waals surface area contributed by atoms with Gasteiger partial charge < -0.3 is 20.3 Å². The minimum Gasteiger partial charge on any atom is -0.457 e. The quantitative estimate of drug-likeness (QED) is 0.527. The number of hydrogen-bond donors (Lipinski definition) is 2. The SMILES string of the molecule is CN(C)CCCNc1ccc(C(=O)Nc2ccc(Oc3ccccc3)cc2)cn1. The molecule has 0 radical (unpaired) electrons. The molecule has 1 amide bonds. The lowest BCUT2D eigenvalue weighted by atomic mass is 10.2. The molecule has 1 heterocycles. The van der Waals surface area contributed by atoms with Gasteiger partial charge >= 0.3 is 0 Å². The molecule has 0 spiro atoms. The second-order valence-corrected chi connectivity index (χ2v) is 6.91. The van der Waals surface area contributed by atoms with Gasteiger partial charge in [0.15, 0.2) is 0 Å². The average Bonchev–Trinajstić information content (AvgIpc) is 2.74. The zero-order valence-corrected chi connectivity index (χ0v) is 16.8. The fraction of sp³-hybridized carbons (Fsp3) is 0.217. The van der Waals surface area contributed by atoms with Crippen molar-refractivity contribution >= 4 is 17.4 Å². The van der Waals surface area contributed by atoms with E-state index in [4.69, 9.17) is 4.74 Å². The van der Waals surface area contributed by atoms with E-state index in [9.17, 15) is 4.79 Å². The van der Waals surface area contributed by atoms with Crippen LogP contribution in [0.1, 0.15) is 16.8 Å². The van der Waals surface area contributed by atoms with Crippen LogP contribution in [0.3, 0.4) is 0 Å². The highest BCUT2D eigenvalue weighted by Gasteiger charge is 2.07. The summed E-state index contributed by atoms with van der Waals surface area (Å²) in [6.45, 7) is 1.86. The minimum atomic E-state index is -0.201. The van der Waals surface area contributed by atoms with Crippen molar-refractivity contribution in [3.05, 3.63) is 78.5 Å². The molecule has 29 heavy (non-hydrogen) atoms. The number of nitrogens with one attached hydrogen (secondary N) is 2. The van der Waals surface area contributed by atoms with Crippen LogP contribution < -0.4 is 15.4 Å². The Hall–Kier alpha value is -3.38. The maximum atomic E-state index is 12.4. The average molecular weight is 390 g/mol. The van der Waals surface area contributed by atoms with Crippen LogP contribution in [-0.2, 0) is 0 Å². The molecule has 0 aliphatic heterocycles. The molecular weight excluding hydrogens is 364 g/mol. The lowest BCUT2D eigenvalue weighted by Gasteiger charge is -2.10. The van der Waals surface area contributed by atoms with E-state index in [2.05, 4.69) is 34.6 Å². The fourth-order valence-corrected chi connectivity index (χ4v) is 2.68. The van der Waals surface area contributed by atoms with Gasteiger partial charge in [0.05, 0.1) is 5.56 Å². The van der Waals surface area contributed by atoms with E-state index in [1.54, 1.807) is 12.3 Å². The molecule has 0 fully saturated rings. The van der Waals surface area contributed by atoms with Gasteiger partial charge in [-0.05, 0) is 75.6 Å². The van der Waals surface area contributed by atoms with E-state index in [0.717, 1.165) is 31.1 Å². The number of anilines is 2. The summed E-state index contributed by atoms with van der Waals surface area (Å²) in [5.74, 6) is 2.04. The number of aromatic nitrogens is 1. The van der Waals surface area contributed by atoms with E-state index in [1.165, 1.54) is 0 Å². The molecule has 1 aromatic heterocycles. The molecule has 150 valence electrons. The van der Waals surface area contributed by atoms with Gasteiger partial charge in [-0.3, -0.25) is 4.79 Å². The van der Waals surface area contributed by atoms with Crippen LogP contribution in [0.25, 0.3) is 0 Å². The van der Waals surface area contributed by atoms with Crippen LogP contribution in [0.15, 0.2) is 72.9 Å². The molecule has 0 aliphatic carbocycles. The van der Waals surface area contributed by atoms with Crippen molar-refractivity contribution < 1.29 is 9.53 Å². The highest BCUT2D eigenvalue weighted by Crippen LogP contribution is 2.22. The van der Waals surface area contributed by atoms with Gasteiger partial charge in [0, 0.05) is 18.4 Å². The number of amides is 1. The minimum absolute atomic E-state index is 0.201. The van der Waals surface area contributed by atoms with E-state index >= 15 is 0 Å². The van der Waals surface area contributed by atoms with Crippen LogP contribution in [0, 0.1) is 0 Å². The maximum absolute atomic E-state index is 12.4. The summed E-state index contributed by atoms with van der Waals surface area (Å²) in [7, 11) is 4.10. The molecule has 6 nitrogen and oxygen atoms in total. The standard InChI is InChI=1S/C23H26N4O2/c1-27(2)16-6-15-24-22-14-9-18(17-25-22)23(28)26-19-10-12-21(13-11-19)29-20-7-4-3-5-8-20/h3-5,7-14,17H,6,15-16H2,1-2H3,(H,24,25)(H,26,28). The Morgan fingerprint density at radius 3 is 2.34 bits per heavy atom. The van der Waals surface area contributed by atoms with Gasteiger partial charge in [0.2, 0.25) is 0 Å². The Balaban J connectivity index is 1.50. The molecule has 3 aromatic rings. The third-order valence-electron chi connectivity index (χ3n) is 4.20. The van der Waals surface area contributed by atoms with Crippen LogP contribution in [-0.4, -0.2) is 43.0 Å². The Labute approximate surface area is 171 Å². The predicted molar refractivity (Wildman–Crippen MR) is 117 cm³/mol. The van der Waals surface area contributed by atoms with Gasteiger partial charge in [0.25, 0.3) is 5.91 Å². The van der Waals surface area contributed by atoms with Crippen molar-refractivity contribution in [2.45, 2.75) is 6.42 Å². The number of benzene rings is 2. The van der Waals surface area contributed by atoms with Crippen molar-refractivity contribution in [1.82, 2.24) is 9.88 Å². The molecule has 0 bridgehead atoms. The smallest absolute Gasteiger partial charge is 0.257 e. The number of nitrogens with zero attached hydrogens (tertiary/aromatic N) is 2. The second-order valence-electron chi connectivity index (χ2n) is 6.91. The molecule has 0 saturated carbocycles. The van der Waals surface area contributed by atoms with E-state index < -0.39 is 0 Å². The molecule has 0 unspecified atom stereocenters. The number of para-hydroxylation sites is 1. The summed E-state index contributed by atoms with van der Waals surface area (Å²) in [5, 5.41) is 6.13. The zero-order chi connectivity index (χ0) is 20.5. The van der Waals surface area contributed by atoms with E-state index in [1.807, 2.05) is 60.7 Å². The van der Waals surface area contributed by atoms with E-state index in [-0.39, 0.29) is 5.91 Å². The van der Waals surface area contributed by atoms with Gasteiger partial charge in [-0.2, -0.15) is 0 Å². The molecule has 0 saturated heterocycles. The van der Waals surface area contributed by atoms with Crippen molar-refractivity contribution in [3.8, 4) is 11.5 Å². The number of rotatable bonds is 9. The van der Waals surface area contributed by atoms with Gasteiger partial charge in [0.1, 0.15) is 17.3 Å². The fourth-order valence-electron chi connectivity index (χ4n) is 2.68. The van der Waals surface area contributed by atoms with E-state index in [0.29, 0.717) is 17.0 Å². The zero-order valence-electron chi connectivity index (χ0n) is 16.8. The third-order valence-corrected chi connectivity index (χ3v) is 4.20. The normalized spacial score (nSPS) is 10.6. The van der Waals surface area contributed by atoms with Gasteiger partial charge in [-0.15, -0.1) is 0 Å². The number of carbonyl (C=O) groups excluding carboxylic acids is 1. The van der Waals surface area contributed by atoms with Gasteiger partial charge in [-0.1, -0.05) is 18.2 Å². The number of carbonyl (C=O) groups is 1. The monoisotopic (exact) mass is 390 g/mol. The van der Waals surface area contributed by atoms with Crippen LogP contribution >= 0.6 is 0 Å². The molecule has 0 atom stereocenters. The first-order chi connectivity index (χ1) is 14.1. The third kappa shape index (κ3) is 6.62. The van der Waals surface area contributed by atoms with Crippen molar-refractivity contribution in [3.63, 3.8) is 0 Å². The number of hydrogen-bond acceptors (Lipinski definition) is 5. The Bertz CT molecular complexity index is 894. The maximum Gasteiger partial charge on any atom is 0.257 e. The van der Waals surface area contributed by atoms with Gasteiger partial charge in [-0.25, -0.2) is 4.98 Å². The largest absolute Gasteiger partial charge is 0.457 e. The molecule has 3 rings (SSSR count). The first kappa shape index (κ1) is 20.4. The van der Waals surface area contributed by atoms with Crippen LogP contribution in [0.4, 0.5) is 11.5 Å². The molecule has 0 aliphatic rings. The summed E-state index contributed by atoms with van der Waals surface area (Å²) in [4.78, 5) is 18.9. The Morgan fingerprint density at radius 2 is 1.69 bits per heavy atom. The van der Waals surface area contributed by atoms with Crippen molar-refractivity contribution in [1.29, 1.82) is 0 Å². The number of pyridine rings is 1. The summed E-state index contributed by atoms with van der Waals surface area (Å²) in [6, 6.07) is 20.4. The first-order valence-electron chi connectivity index (χ1n) is 9.59. The van der Waals surface area contributed by atoms with Crippen LogP contribution in [0.5, 0.6) is 11.5 Å². The molecule has 6 heteroatoms. The molecule has 2 aromatic carbocycles. The van der Waals surface area contributed by atoms with Crippen molar-refractivity contribution in [2.75, 3.05) is 37.8 Å². The summed E-state index contributed by atoms with van der Waals surface area (Å²) < 4.78 is 5.76. The predicted octanol–water partition coefficient (Wildman–Crippen LogP) is 4.49. The molecular formula is C23H26N4O2. The number of ether oxygens (including phenoxy) is 1.